The number of nitrogens with one attached hydrogen (secondary N) is 1. The minimum absolute atomic E-state index is 0.212. The van der Waals surface area contributed by atoms with E-state index in [0.717, 1.165) is 41.6 Å². The summed E-state index contributed by atoms with van der Waals surface area (Å²) in [6, 6.07) is 15.1. The number of amides is 2. The van der Waals surface area contributed by atoms with Crippen LogP contribution in [0.3, 0.4) is 0 Å². The van der Waals surface area contributed by atoms with E-state index in [1.54, 1.807) is 0 Å². The lowest BCUT2D eigenvalue weighted by Crippen LogP contribution is -2.52. The van der Waals surface area contributed by atoms with Crippen LogP contribution in [0.15, 0.2) is 48.5 Å². The molecule has 2 amide bonds. The van der Waals surface area contributed by atoms with Crippen molar-refractivity contribution in [3.05, 3.63) is 65.2 Å². The second-order valence-electron chi connectivity index (χ2n) is 13.2. The number of nitrogens with zero attached hydrogens (tertiary/aromatic N) is 2. The molecule has 0 saturated heterocycles. The van der Waals surface area contributed by atoms with Gasteiger partial charge < -0.3 is 10.2 Å². The molecule has 0 aromatic heterocycles. The number of aryl methyl sites for hydroxylation is 1. The summed E-state index contributed by atoms with van der Waals surface area (Å²) in [6.45, 7) is 6.24. The zero-order valence-electron chi connectivity index (χ0n) is 25.6. The van der Waals surface area contributed by atoms with Gasteiger partial charge in [0.1, 0.15) is 12.6 Å². The van der Waals surface area contributed by atoms with E-state index in [1.165, 1.54) is 53.3 Å². The summed E-state index contributed by atoms with van der Waals surface area (Å²) in [5, 5.41) is 2.92. The van der Waals surface area contributed by atoms with Crippen LogP contribution in [0.1, 0.15) is 81.9 Å². The molecule has 228 valence electrons. The van der Waals surface area contributed by atoms with Crippen molar-refractivity contribution in [3.8, 4) is 0 Å². The van der Waals surface area contributed by atoms with Crippen molar-refractivity contribution in [1.82, 2.24) is 10.2 Å². The fourth-order valence-electron chi connectivity index (χ4n) is 8.23. The molecule has 0 heterocycles. The van der Waals surface area contributed by atoms with E-state index >= 15 is 0 Å². The lowest BCUT2D eigenvalue weighted by molar-refractivity contribution is -0.140. The van der Waals surface area contributed by atoms with Gasteiger partial charge in [0.05, 0.1) is 11.9 Å². The molecule has 4 fully saturated rings. The number of hydrogen-bond donors (Lipinski definition) is 1. The molecule has 4 aliphatic rings. The van der Waals surface area contributed by atoms with Crippen molar-refractivity contribution < 1.29 is 18.0 Å². The number of carbonyl (C=O) groups excluding carboxylic acids is 2. The lowest BCUT2D eigenvalue weighted by Gasteiger charge is -2.57. The molecular formula is C34H47N3O4S. The number of carbonyl (C=O) groups is 2. The van der Waals surface area contributed by atoms with Gasteiger partial charge in [-0.05, 0) is 105 Å². The van der Waals surface area contributed by atoms with Crippen molar-refractivity contribution in [2.75, 3.05) is 23.7 Å². The Bertz CT molecular complexity index is 1340. The highest BCUT2D eigenvalue weighted by molar-refractivity contribution is 7.92. The normalized spacial score (nSPS) is 25.2. The van der Waals surface area contributed by atoms with Gasteiger partial charge in [-0.1, -0.05) is 55.8 Å². The second-order valence-corrected chi connectivity index (χ2v) is 15.1. The highest BCUT2D eigenvalue weighted by atomic mass is 32.2. The molecule has 6 rings (SSSR count). The van der Waals surface area contributed by atoms with E-state index in [-0.39, 0.29) is 24.4 Å². The van der Waals surface area contributed by atoms with Crippen LogP contribution in [0.4, 0.5) is 5.69 Å². The first-order valence-electron chi connectivity index (χ1n) is 15.7. The molecule has 4 bridgehead atoms. The van der Waals surface area contributed by atoms with Crippen LogP contribution in [-0.4, -0.2) is 50.5 Å². The van der Waals surface area contributed by atoms with Crippen molar-refractivity contribution in [1.29, 1.82) is 0 Å². The average Bonchev–Trinajstić information content (AvgIpc) is 2.94. The maximum atomic E-state index is 14.0. The molecule has 4 saturated carbocycles. The quantitative estimate of drug-likeness (QED) is 0.349. The molecule has 1 N–H and O–H groups in total. The van der Waals surface area contributed by atoms with E-state index in [0.29, 0.717) is 18.7 Å². The van der Waals surface area contributed by atoms with Crippen LogP contribution in [0, 0.1) is 24.7 Å². The lowest BCUT2D eigenvalue weighted by atomic mass is 9.48. The molecule has 1 atom stereocenters. The Morgan fingerprint density at radius 2 is 1.50 bits per heavy atom. The van der Waals surface area contributed by atoms with E-state index in [4.69, 9.17) is 0 Å². The standard InChI is InChI=1S/C34H47N3O4S/c1-5-15-35-33(39)31(6-2)36(22-25-9-7-24(3)8-10-25)32(38)23-37(42(4,40)41)30-13-11-29(12-14-30)34-19-26-16-27(20-34)18-28(17-26)21-34/h7-14,26-28,31H,5-6,15-23H2,1-4H3,(H,35,39)/t26?,27?,28?,31-,34?/m0/s1. The average molecular weight is 594 g/mol. The van der Waals surface area contributed by atoms with Crippen molar-refractivity contribution in [2.24, 2.45) is 17.8 Å². The summed E-state index contributed by atoms with van der Waals surface area (Å²) in [5.74, 6) is 1.85. The van der Waals surface area contributed by atoms with Gasteiger partial charge in [0.15, 0.2) is 0 Å². The zero-order valence-corrected chi connectivity index (χ0v) is 26.5. The fourth-order valence-corrected chi connectivity index (χ4v) is 9.08. The van der Waals surface area contributed by atoms with Gasteiger partial charge in [0.2, 0.25) is 21.8 Å². The van der Waals surface area contributed by atoms with Crippen LogP contribution in [0.5, 0.6) is 0 Å². The monoisotopic (exact) mass is 593 g/mol. The SMILES string of the molecule is CCCNC(=O)[C@H](CC)N(Cc1ccc(C)cc1)C(=O)CN(c1ccc(C23CC4CC(CC(C4)C2)C3)cc1)S(C)(=O)=O. The molecular weight excluding hydrogens is 546 g/mol. The van der Waals surface area contributed by atoms with Crippen molar-refractivity contribution in [3.63, 3.8) is 0 Å². The van der Waals surface area contributed by atoms with Gasteiger partial charge >= 0.3 is 0 Å². The fraction of sp³-hybridized carbons (Fsp3) is 0.588. The summed E-state index contributed by atoms with van der Waals surface area (Å²) >= 11 is 0. The molecule has 8 heteroatoms. The first kappa shape index (κ1) is 30.6. The minimum atomic E-state index is -3.76. The topological polar surface area (TPSA) is 86.8 Å². The molecule has 4 aliphatic carbocycles. The summed E-state index contributed by atoms with van der Waals surface area (Å²) in [5.41, 5.74) is 4.00. The Morgan fingerprint density at radius 1 is 0.929 bits per heavy atom. The number of anilines is 1. The summed E-state index contributed by atoms with van der Waals surface area (Å²) in [4.78, 5) is 28.6. The third kappa shape index (κ3) is 6.53. The Balaban J connectivity index is 1.39. The second kappa shape index (κ2) is 12.4. The Hall–Kier alpha value is -2.87. The maximum absolute atomic E-state index is 14.0. The highest BCUT2D eigenvalue weighted by Gasteiger charge is 2.51. The third-order valence-electron chi connectivity index (χ3n) is 9.89. The van der Waals surface area contributed by atoms with Crippen molar-refractivity contribution >= 4 is 27.5 Å². The third-order valence-corrected chi connectivity index (χ3v) is 11.0. The van der Waals surface area contributed by atoms with Crippen LogP contribution in [0.25, 0.3) is 0 Å². The zero-order chi connectivity index (χ0) is 30.1. The molecule has 0 spiro atoms. The van der Waals surface area contributed by atoms with Gasteiger partial charge in [-0.15, -0.1) is 0 Å². The number of benzene rings is 2. The first-order chi connectivity index (χ1) is 20.0. The maximum Gasteiger partial charge on any atom is 0.244 e. The van der Waals surface area contributed by atoms with Gasteiger partial charge in [-0.2, -0.15) is 0 Å². The molecule has 2 aromatic rings. The smallest absolute Gasteiger partial charge is 0.244 e. The van der Waals surface area contributed by atoms with Gasteiger partial charge in [-0.3, -0.25) is 13.9 Å². The highest BCUT2D eigenvalue weighted by Crippen LogP contribution is 2.60. The van der Waals surface area contributed by atoms with Crippen LogP contribution in [0.2, 0.25) is 0 Å². The minimum Gasteiger partial charge on any atom is -0.354 e. The molecule has 7 nitrogen and oxygen atoms in total. The Labute approximate surface area is 252 Å². The van der Waals surface area contributed by atoms with Crippen LogP contribution in [-0.2, 0) is 31.6 Å². The Morgan fingerprint density at radius 3 is 2.00 bits per heavy atom. The van der Waals surface area contributed by atoms with E-state index in [2.05, 4.69) is 17.4 Å². The van der Waals surface area contributed by atoms with Crippen LogP contribution < -0.4 is 9.62 Å². The summed E-state index contributed by atoms with van der Waals surface area (Å²) in [7, 11) is -3.76. The summed E-state index contributed by atoms with van der Waals surface area (Å²) in [6.07, 6.45) is 10.2. The van der Waals surface area contributed by atoms with Gasteiger partial charge in [0.25, 0.3) is 0 Å². The van der Waals surface area contributed by atoms with Gasteiger partial charge in [-0.25, -0.2) is 8.42 Å². The number of rotatable bonds is 12. The predicted molar refractivity (Wildman–Crippen MR) is 168 cm³/mol. The summed E-state index contributed by atoms with van der Waals surface area (Å²) < 4.78 is 27.4. The molecule has 0 unspecified atom stereocenters. The van der Waals surface area contributed by atoms with E-state index < -0.39 is 22.0 Å². The predicted octanol–water partition coefficient (Wildman–Crippen LogP) is 5.56. The number of sulfonamides is 1. The van der Waals surface area contributed by atoms with Gasteiger partial charge in [0, 0.05) is 13.1 Å². The molecule has 42 heavy (non-hydrogen) atoms. The van der Waals surface area contributed by atoms with E-state index in [1.807, 2.05) is 57.2 Å². The number of hydrogen-bond acceptors (Lipinski definition) is 4. The van der Waals surface area contributed by atoms with Crippen LogP contribution >= 0.6 is 0 Å². The molecule has 0 radical (unpaired) electrons. The van der Waals surface area contributed by atoms with Crippen molar-refractivity contribution in [2.45, 2.75) is 90.1 Å². The van der Waals surface area contributed by atoms with E-state index in [9.17, 15) is 18.0 Å². The first-order valence-corrected chi connectivity index (χ1v) is 17.6. The Kier molecular flexibility index (Phi) is 9.02. The molecule has 2 aromatic carbocycles. The molecule has 0 aliphatic heterocycles. The largest absolute Gasteiger partial charge is 0.354 e.